The summed E-state index contributed by atoms with van der Waals surface area (Å²) in [5, 5.41) is 0. The molecule has 0 bridgehead atoms. The van der Waals surface area contributed by atoms with E-state index in [1.807, 2.05) is 30.4 Å². The molecule has 0 saturated carbocycles. The van der Waals surface area contributed by atoms with Crippen molar-refractivity contribution in [1.29, 1.82) is 0 Å². The molecule has 0 saturated heterocycles. The Balaban J connectivity index is 0.000000138. The summed E-state index contributed by atoms with van der Waals surface area (Å²) in [5.74, 6) is 0. The number of fused-ring (bicyclic) bond motifs is 1. The van der Waals surface area contributed by atoms with Crippen molar-refractivity contribution >= 4 is 31.5 Å². The molecule has 0 heterocycles. The molecule has 3 heteroatoms. The van der Waals surface area contributed by atoms with Gasteiger partial charge in [-0.1, -0.05) is 48.6 Å². The molecule has 0 unspecified atom stereocenters. The highest BCUT2D eigenvalue weighted by Gasteiger charge is 2.17. The minimum Gasteiger partial charge on any atom is -0.298 e. The molecule has 2 aliphatic carbocycles. The van der Waals surface area contributed by atoms with Crippen LogP contribution in [-0.4, -0.2) is 6.29 Å². The monoisotopic (exact) mass is 272 g/mol. The number of rotatable bonds is 1. The number of carbonyl (C=O) groups is 1. The number of thiol groups is 2. The molecule has 0 N–H and O–H groups in total. The number of hydrogen-bond acceptors (Lipinski definition) is 3. The van der Waals surface area contributed by atoms with E-state index in [4.69, 9.17) is 0 Å². The van der Waals surface area contributed by atoms with E-state index in [-0.39, 0.29) is 0 Å². The van der Waals surface area contributed by atoms with Crippen molar-refractivity contribution in [2.75, 3.05) is 0 Å². The SMILES string of the molecule is O=Cc1ccccc1.SC1=CC(S)=C2C=CC=C12. The summed E-state index contributed by atoms with van der Waals surface area (Å²) in [5.41, 5.74) is 3.13. The van der Waals surface area contributed by atoms with Gasteiger partial charge in [0.1, 0.15) is 6.29 Å². The van der Waals surface area contributed by atoms with Crippen molar-refractivity contribution < 1.29 is 4.79 Å². The van der Waals surface area contributed by atoms with Crippen LogP contribution in [0.15, 0.2) is 75.6 Å². The average molecular weight is 272 g/mol. The molecule has 1 aromatic rings. The van der Waals surface area contributed by atoms with E-state index in [1.165, 1.54) is 11.1 Å². The number of carbonyl (C=O) groups excluding carboxylic acids is 1. The van der Waals surface area contributed by atoms with E-state index in [2.05, 4.69) is 37.4 Å². The summed E-state index contributed by atoms with van der Waals surface area (Å²) in [6.07, 6.45) is 8.93. The zero-order valence-electron chi connectivity index (χ0n) is 9.58. The highest BCUT2D eigenvalue weighted by atomic mass is 32.1. The Morgan fingerprint density at radius 1 is 1.06 bits per heavy atom. The Morgan fingerprint density at radius 3 is 2.33 bits per heavy atom. The van der Waals surface area contributed by atoms with E-state index in [1.54, 1.807) is 12.1 Å². The summed E-state index contributed by atoms with van der Waals surface area (Å²) < 4.78 is 0. The molecule has 1 aromatic carbocycles. The second-order valence-corrected chi connectivity index (χ2v) is 4.76. The van der Waals surface area contributed by atoms with E-state index in [0.717, 1.165) is 21.7 Å². The molecule has 0 spiro atoms. The van der Waals surface area contributed by atoms with E-state index >= 15 is 0 Å². The van der Waals surface area contributed by atoms with Crippen LogP contribution in [0.3, 0.4) is 0 Å². The van der Waals surface area contributed by atoms with E-state index < -0.39 is 0 Å². The van der Waals surface area contributed by atoms with E-state index in [9.17, 15) is 4.79 Å². The molecule has 0 aliphatic heterocycles. The van der Waals surface area contributed by atoms with Crippen molar-refractivity contribution in [3.63, 3.8) is 0 Å². The van der Waals surface area contributed by atoms with Gasteiger partial charge in [-0.3, -0.25) is 4.79 Å². The maximum Gasteiger partial charge on any atom is 0.150 e. The average Bonchev–Trinajstić information content (AvgIpc) is 2.98. The molecule has 18 heavy (non-hydrogen) atoms. The molecule has 0 atom stereocenters. The topological polar surface area (TPSA) is 17.1 Å². The molecule has 0 aromatic heterocycles. The van der Waals surface area contributed by atoms with Crippen LogP contribution >= 0.6 is 25.3 Å². The molecule has 1 nitrogen and oxygen atoms in total. The lowest BCUT2D eigenvalue weighted by atomic mass is 10.2. The van der Waals surface area contributed by atoms with Crippen LogP contribution in [0.2, 0.25) is 0 Å². The van der Waals surface area contributed by atoms with Crippen molar-refractivity contribution in [2.24, 2.45) is 0 Å². The van der Waals surface area contributed by atoms with Gasteiger partial charge in [-0.15, -0.1) is 25.3 Å². The zero-order chi connectivity index (χ0) is 13.0. The number of hydrogen-bond donors (Lipinski definition) is 2. The Hall–Kier alpha value is -1.45. The van der Waals surface area contributed by atoms with Gasteiger partial charge in [0, 0.05) is 15.4 Å². The third-order valence-electron chi connectivity index (χ3n) is 2.58. The van der Waals surface area contributed by atoms with Crippen LogP contribution < -0.4 is 0 Å². The summed E-state index contributed by atoms with van der Waals surface area (Å²) in [6, 6.07) is 9.10. The fraction of sp³-hybridized carbons (Fsp3) is 0. The highest BCUT2D eigenvalue weighted by Crippen LogP contribution is 2.38. The van der Waals surface area contributed by atoms with Gasteiger partial charge in [0.2, 0.25) is 0 Å². The van der Waals surface area contributed by atoms with Crippen molar-refractivity contribution in [2.45, 2.75) is 0 Å². The fourth-order valence-electron chi connectivity index (χ4n) is 1.68. The summed E-state index contributed by atoms with van der Waals surface area (Å²) in [7, 11) is 0. The molecule has 0 radical (unpaired) electrons. The Morgan fingerprint density at radius 2 is 1.78 bits per heavy atom. The summed E-state index contributed by atoms with van der Waals surface area (Å²) in [4.78, 5) is 12.0. The van der Waals surface area contributed by atoms with Crippen molar-refractivity contribution in [3.8, 4) is 0 Å². The van der Waals surface area contributed by atoms with Gasteiger partial charge in [0.05, 0.1) is 0 Å². The van der Waals surface area contributed by atoms with Gasteiger partial charge in [-0.25, -0.2) is 0 Å². The molecule has 90 valence electrons. The first-order valence-electron chi connectivity index (χ1n) is 5.45. The maximum atomic E-state index is 10.0. The Bertz CT molecular complexity index is 571. The molecule has 2 aliphatic rings. The van der Waals surface area contributed by atoms with Gasteiger partial charge in [-0.2, -0.15) is 0 Å². The second-order valence-electron chi connectivity index (χ2n) is 3.80. The highest BCUT2D eigenvalue weighted by molar-refractivity contribution is 7.86. The normalized spacial score (nSPS) is 15.7. The first-order chi connectivity index (χ1) is 8.72. The van der Waals surface area contributed by atoms with Gasteiger partial charge in [0.15, 0.2) is 0 Å². The van der Waals surface area contributed by atoms with Crippen LogP contribution in [0.5, 0.6) is 0 Å². The van der Waals surface area contributed by atoms with Gasteiger partial charge >= 0.3 is 0 Å². The van der Waals surface area contributed by atoms with Crippen LogP contribution in [0.1, 0.15) is 10.4 Å². The molecule has 0 amide bonds. The van der Waals surface area contributed by atoms with Crippen LogP contribution in [0.25, 0.3) is 0 Å². The summed E-state index contributed by atoms with van der Waals surface area (Å²) in [6.45, 7) is 0. The van der Waals surface area contributed by atoms with Gasteiger partial charge < -0.3 is 0 Å². The van der Waals surface area contributed by atoms with E-state index in [0.29, 0.717) is 0 Å². The third kappa shape index (κ3) is 2.86. The Labute approximate surface area is 117 Å². The zero-order valence-corrected chi connectivity index (χ0v) is 11.4. The van der Waals surface area contributed by atoms with Crippen molar-refractivity contribution in [1.82, 2.24) is 0 Å². The molecular weight excluding hydrogens is 260 g/mol. The minimum atomic E-state index is 0.729. The first kappa shape index (κ1) is 13.0. The fourth-order valence-corrected chi connectivity index (χ4v) is 2.43. The number of benzene rings is 1. The van der Waals surface area contributed by atoms with Gasteiger partial charge in [-0.05, 0) is 17.2 Å². The third-order valence-corrected chi connectivity index (χ3v) is 3.32. The molecular formula is C15H12OS2. The number of allylic oxidation sites excluding steroid dienone is 6. The maximum absolute atomic E-state index is 10.0. The minimum absolute atomic E-state index is 0.729. The number of aldehydes is 1. The lowest BCUT2D eigenvalue weighted by Gasteiger charge is -1.94. The lowest BCUT2D eigenvalue weighted by molar-refractivity contribution is 0.112. The molecule has 0 fully saturated rings. The van der Waals surface area contributed by atoms with Crippen LogP contribution in [0, 0.1) is 0 Å². The quantitative estimate of drug-likeness (QED) is 0.584. The lowest BCUT2D eigenvalue weighted by Crippen LogP contribution is -1.74. The predicted molar refractivity (Wildman–Crippen MR) is 82.1 cm³/mol. The summed E-state index contributed by atoms with van der Waals surface area (Å²) >= 11 is 8.58. The van der Waals surface area contributed by atoms with Crippen LogP contribution in [0.4, 0.5) is 0 Å². The van der Waals surface area contributed by atoms with Crippen molar-refractivity contribution in [3.05, 3.63) is 81.2 Å². The Kier molecular flexibility index (Phi) is 4.28. The predicted octanol–water partition coefficient (Wildman–Crippen LogP) is 3.99. The van der Waals surface area contributed by atoms with Crippen LogP contribution in [-0.2, 0) is 0 Å². The standard InChI is InChI=1S/C8H6S2.C7H6O/c9-7-4-8(10)6-3-1-2-5(6)7;8-6-7-4-2-1-3-5-7/h1-4,9-10H;1-6H. The first-order valence-corrected chi connectivity index (χ1v) is 6.35. The largest absolute Gasteiger partial charge is 0.298 e. The molecule has 3 rings (SSSR count). The smallest absolute Gasteiger partial charge is 0.150 e. The second kappa shape index (κ2) is 5.94. The van der Waals surface area contributed by atoms with Gasteiger partial charge in [0.25, 0.3) is 0 Å².